The van der Waals surface area contributed by atoms with E-state index in [4.69, 9.17) is 0 Å². The molecule has 2 aliphatic rings. The van der Waals surface area contributed by atoms with E-state index >= 15 is 8.78 Å². The molecule has 1 aromatic heterocycles. The van der Waals surface area contributed by atoms with Gasteiger partial charge in [0.15, 0.2) is 0 Å². The molecule has 0 saturated carbocycles. The molecule has 2 nitrogen and oxygen atoms in total. The molecule has 4 rings (SSSR count). The molecule has 29 heavy (non-hydrogen) atoms. The Morgan fingerprint density at radius 2 is 1.79 bits per heavy atom. The van der Waals surface area contributed by atoms with Gasteiger partial charge in [-0.05, 0) is 74.9 Å². The van der Waals surface area contributed by atoms with E-state index in [0.29, 0.717) is 12.0 Å². The molecule has 1 N–H and O–H groups in total. The molecule has 0 fully saturated rings. The Morgan fingerprint density at radius 1 is 1.14 bits per heavy atom. The molecule has 0 amide bonds. The SMILES string of the molecule is CCc1cc(F)c(C2c3[nH]c4c(c3CC(C)N2CC(C)(C)F)=CCCC=4)c(F)c1. The largest absolute Gasteiger partial charge is 0.357 e. The second kappa shape index (κ2) is 7.35. The van der Waals surface area contributed by atoms with Gasteiger partial charge in [-0.1, -0.05) is 19.1 Å². The predicted octanol–water partition coefficient (Wildman–Crippen LogP) is 4.29. The molecule has 2 unspecified atom stereocenters. The molecule has 2 heterocycles. The Hall–Kier alpha value is -2.01. The standard InChI is InChI=1S/C24H29F3N2/c1-5-15-11-18(25)21(19(26)12-15)23-22-17(16-8-6-7-9-20(16)28-22)10-14(2)29(23)13-24(3,4)27/h8-9,11-12,14,23,28H,5-7,10,13H2,1-4H3. The molecule has 1 aromatic carbocycles. The van der Waals surface area contributed by atoms with Crippen LogP contribution in [-0.2, 0) is 12.8 Å². The number of hydrogen-bond donors (Lipinski definition) is 1. The number of nitrogens with zero attached hydrogens (tertiary/aromatic N) is 1. The third-order valence-electron chi connectivity index (χ3n) is 6.12. The van der Waals surface area contributed by atoms with Crippen molar-refractivity contribution in [2.45, 2.75) is 71.1 Å². The summed E-state index contributed by atoms with van der Waals surface area (Å²) in [6, 6.07) is 2.11. The number of hydrogen-bond acceptors (Lipinski definition) is 1. The van der Waals surface area contributed by atoms with E-state index in [-0.39, 0.29) is 18.2 Å². The van der Waals surface area contributed by atoms with Crippen LogP contribution < -0.4 is 10.6 Å². The molecule has 1 aliphatic heterocycles. The van der Waals surface area contributed by atoms with E-state index in [2.05, 4.69) is 17.1 Å². The number of halogens is 3. The van der Waals surface area contributed by atoms with Gasteiger partial charge in [0.1, 0.15) is 17.3 Å². The van der Waals surface area contributed by atoms with Crippen LogP contribution in [0, 0.1) is 11.6 Å². The van der Waals surface area contributed by atoms with Crippen molar-refractivity contribution in [2.24, 2.45) is 0 Å². The number of nitrogens with one attached hydrogen (secondary N) is 1. The first-order valence-corrected chi connectivity index (χ1v) is 10.5. The van der Waals surface area contributed by atoms with Crippen LogP contribution >= 0.6 is 0 Å². The Balaban J connectivity index is 1.96. The predicted molar refractivity (Wildman–Crippen MR) is 111 cm³/mol. The van der Waals surface area contributed by atoms with Crippen molar-refractivity contribution in [3.8, 4) is 0 Å². The molecule has 2 aromatic rings. The van der Waals surface area contributed by atoms with Gasteiger partial charge in [-0.3, -0.25) is 4.90 Å². The zero-order chi connectivity index (χ0) is 20.9. The van der Waals surface area contributed by atoms with Crippen LogP contribution in [0.2, 0.25) is 0 Å². The van der Waals surface area contributed by atoms with E-state index in [1.807, 2.05) is 18.7 Å². The third-order valence-corrected chi connectivity index (χ3v) is 6.12. The van der Waals surface area contributed by atoms with Crippen molar-refractivity contribution in [2.75, 3.05) is 6.54 Å². The lowest BCUT2D eigenvalue weighted by molar-refractivity contribution is 0.0639. The number of aryl methyl sites for hydroxylation is 1. The Morgan fingerprint density at radius 3 is 2.41 bits per heavy atom. The number of aromatic amines is 1. The number of benzene rings is 1. The van der Waals surface area contributed by atoms with Gasteiger partial charge in [0.05, 0.1) is 6.04 Å². The first kappa shape index (κ1) is 20.3. The smallest absolute Gasteiger partial charge is 0.131 e. The lowest BCUT2D eigenvalue weighted by Gasteiger charge is -2.43. The molecule has 1 aliphatic carbocycles. The lowest BCUT2D eigenvalue weighted by atomic mass is 9.87. The monoisotopic (exact) mass is 402 g/mol. The summed E-state index contributed by atoms with van der Waals surface area (Å²) in [4.78, 5) is 5.35. The topological polar surface area (TPSA) is 19.0 Å². The number of aromatic nitrogens is 1. The van der Waals surface area contributed by atoms with Gasteiger partial charge in [0.25, 0.3) is 0 Å². The second-order valence-corrected chi connectivity index (χ2v) is 9.00. The fourth-order valence-corrected chi connectivity index (χ4v) is 4.82. The summed E-state index contributed by atoms with van der Waals surface area (Å²) in [5, 5.41) is 2.17. The van der Waals surface area contributed by atoms with Gasteiger partial charge < -0.3 is 4.98 Å². The number of alkyl halides is 1. The van der Waals surface area contributed by atoms with Gasteiger partial charge in [0.2, 0.25) is 0 Å². The Kier molecular flexibility index (Phi) is 5.14. The fourth-order valence-electron chi connectivity index (χ4n) is 4.82. The van der Waals surface area contributed by atoms with Crippen LogP contribution in [0.1, 0.15) is 69.0 Å². The van der Waals surface area contributed by atoms with Crippen LogP contribution in [0.3, 0.4) is 0 Å². The van der Waals surface area contributed by atoms with Crippen LogP contribution in [-0.4, -0.2) is 28.1 Å². The van der Waals surface area contributed by atoms with Crippen LogP contribution in [0.15, 0.2) is 12.1 Å². The highest BCUT2D eigenvalue weighted by molar-refractivity contribution is 5.47. The van der Waals surface area contributed by atoms with Gasteiger partial charge in [-0.2, -0.15) is 0 Å². The van der Waals surface area contributed by atoms with Crippen molar-refractivity contribution in [1.29, 1.82) is 0 Å². The molecule has 0 spiro atoms. The number of fused-ring (bicyclic) bond motifs is 3. The first-order valence-electron chi connectivity index (χ1n) is 10.5. The molecular weight excluding hydrogens is 373 g/mol. The van der Waals surface area contributed by atoms with Crippen LogP contribution in [0.4, 0.5) is 13.2 Å². The average Bonchev–Trinajstić information content (AvgIpc) is 3.00. The minimum absolute atomic E-state index is 0.0119. The molecule has 0 radical (unpaired) electrons. The minimum Gasteiger partial charge on any atom is -0.357 e. The average molecular weight is 403 g/mol. The maximum Gasteiger partial charge on any atom is 0.131 e. The molecule has 2 atom stereocenters. The van der Waals surface area contributed by atoms with Crippen molar-refractivity contribution >= 4 is 12.2 Å². The Labute approximate surface area is 170 Å². The van der Waals surface area contributed by atoms with Crippen molar-refractivity contribution in [1.82, 2.24) is 9.88 Å². The van der Waals surface area contributed by atoms with E-state index in [1.165, 1.54) is 26.0 Å². The molecule has 0 bridgehead atoms. The number of rotatable bonds is 4. The van der Waals surface area contributed by atoms with Crippen LogP contribution in [0.25, 0.3) is 12.2 Å². The van der Waals surface area contributed by atoms with E-state index in [1.54, 1.807) is 0 Å². The van der Waals surface area contributed by atoms with Crippen LogP contribution in [0.5, 0.6) is 0 Å². The highest BCUT2D eigenvalue weighted by atomic mass is 19.1. The van der Waals surface area contributed by atoms with Gasteiger partial charge >= 0.3 is 0 Å². The van der Waals surface area contributed by atoms with Crippen molar-refractivity contribution in [3.05, 3.63) is 56.7 Å². The first-order chi connectivity index (χ1) is 13.7. The minimum atomic E-state index is -1.48. The van der Waals surface area contributed by atoms with Gasteiger partial charge in [-0.15, -0.1) is 0 Å². The normalized spacial score (nSPS) is 21.9. The zero-order valence-corrected chi connectivity index (χ0v) is 17.6. The summed E-state index contributed by atoms with van der Waals surface area (Å²) in [5.41, 5.74) is 1.06. The fraction of sp³-hybridized carbons (Fsp3) is 0.500. The lowest BCUT2D eigenvalue weighted by Crippen LogP contribution is -2.49. The summed E-state index contributed by atoms with van der Waals surface area (Å²) in [5.74, 6) is -1.12. The summed E-state index contributed by atoms with van der Waals surface area (Å²) in [6.07, 6.45) is 7.55. The molecule has 156 valence electrons. The van der Waals surface area contributed by atoms with Gasteiger partial charge in [0, 0.05) is 29.2 Å². The zero-order valence-electron chi connectivity index (χ0n) is 17.6. The van der Waals surface area contributed by atoms with Crippen molar-refractivity contribution < 1.29 is 13.2 Å². The highest BCUT2D eigenvalue weighted by Gasteiger charge is 2.40. The maximum atomic E-state index is 15.2. The summed E-state index contributed by atoms with van der Waals surface area (Å²) in [7, 11) is 0. The number of H-pyrrole nitrogens is 1. The molecule has 0 saturated heterocycles. The van der Waals surface area contributed by atoms with Crippen molar-refractivity contribution in [3.63, 3.8) is 0 Å². The third kappa shape index (κ3) is 3.65. The second-order valence-electron chi connectivity index (χ2n) is 9.00. The molecule has 5 heteroatoms. The maximum absolute atomic E-state index is 15.2. The van der Waals surface area contributed by atoms with E-state index in [0.717, 1.165) is 41.1 Å². The van der Waals surface area contributed by atoms with Gasteiger partial charge in [-0.25, -0.2) is 13.2 Å². The van der Waals surface area contributed by atoms with E-state index < -0.39 is 23.3 Å². The highest BCUT2D eigenvalue weighted by Crippen LogP contribution is 2.39. The summed E-state index contributed by atoms with van der Waals surface area (Å²) >= 11 is 0. The molecular formula is C24H29F3N2. The summed E-state index contributed by atoms with van der Waals surface area (Å²) in [6.45, 7) is 7.02. The van der Waals surface area contributed by atoms with E-state index in [9.17, 15) is 4.39 Å². The Bertz CT molecular complexity index is 1020. The quantitative estimate of drug-likeness (QED) is 0.808. The summed E-state index contributed by atoms with van der Waals surface area (Å²) < 4.78 is 45.1.